The Hall–Kier alpha value is -0.120. The zero-order chi connectivity index (χ0) is 9.40. The van der Waals surface area contributed by atoms with E-state index in [1.807, 2.05) is 20.8 Å². The highest BCUT2D eigenvalue weighted by atomic mass is 16.5. The minimum absolute atomic E-state index is 0.161. The molecule has 0 aliphatic heterocycles. The minimum atomic E-state index is 0.161. The summed E-state index contributed by atoms with van der Waals surface area (Å²) in [6.07, 6.45) is 1.35. The van der Waals surface area contributed by atoms with Gasteiger partial charge in [-0.25, -0.2) is 0 Å². The van der Waals surface area contributed by atoms with Crippen molar-refractivity contribution in [1.29, 1.82) is 0 Å². The molecule has 0 aliphatic rings. The van der Waals surface area contributed by atoms with Gasteiger partial charge in [0.25, 0.3) is 0 Å². The van der Waals surface area contributed by atoms with E-state index >= 15 is 0 Å². The lowest BCUT2D eigenvalue weighted by molar-refractivity contribution is 0.0164. The average Bonchev–Trinajstić information content (AvgIpc) is 2.02. The monoisotopic (exact) mass is 175 g/mol. The first kappa shape index (κ1) is 11.9. The quantitative estimate of drug-likeness (QED) is 0.631. The Balaban J connectivity index is 3.31. The summed E-state index contributed by atoms with van der Waals surface area (Å²) < 4.78 is 10.8. The van der Waals surface area contributed by atoms with Crippen LogP contribution in [0.1, 0.15) is 27.2 Å². The van der Waals surface area contributed by atoms with Crippen LogP contribution in [0.5, 0.6) is 0 Å². The molecule has 0 aromatic rings. The third-order valence-electron chi connectivity index (χ3n) is 1.56. The van der Waals surface area contributed by atoms with Gasteiger partial charge in [-0.05, 0) is 27.2 Å². The van der Waals surface area contributed by atoms with Crippen LogP contribution in [0, 0.1) is 0 Å². The Kier molecular flexibility index (Phi) is 7.45. The van der Waals surface area contributed by atoms with E-state index in [1.165, 1.54) is 0 Å². The van der Waals surface area contributed by atoms with Gasteiger partial charge in [-0.15, -0.1) is 0 Å². The fourth-order valence-corrected chi connectivity index (χ4v) is 0.940. The molecule has 0 spiro atoms. The van der Waals surface area contributed by atoms with Gasteiger partial charge in [-0.1, -0.05) is 0 Å². The lowest BCUT2D eigenvalue weighted by Crippen LogP contribution is -2.25. The van der Waals surface area contributed by atoms with Crippen LogP contribution in [0.2, 0.25) is 0 Å². The van der Waals surface area contributed by atoms with E-state index in [9.17, 15) is 0 Å². The highest BCUT2D eigenvalue weighted by Gasteiger charge is 2.05. The molecule has 0 amide bonds. The lowest BCUT2D eigenvalue weighted by Gasteiger charge is -2.15. The minimum Gasteiger partial charge on any atom is -0.379 e. The van der Waals surface area contributed by atoms with E-state index < -0.39 is 0 Å². The van der Waals surface area contributed by atoms with Crippen LogP contribution < -0.4 is 5.73 Å². The highest BCUT2D eigenvalue weighted by Crippen LogP contribution is 1.98. The Bertz CT molecular complexity index is 96.5. The molecule has 1 atom stereocenters. The molecule has 0 heterocycles. The smallest absolute Gasteiger partial charge is 0.0719 e. The van der Waals surface area contributed by atoms with Gasteiger partial charge in [-0.2, -0.15) is 0 Å². The molecule has 12 heavy (non-hydrogen) atoms. The second-order valence-corrected chi connectivity index (χ2v) is 3.02. The largest absolute Gasteiger partial charge is 0.379 e. The normalized spacial score (nSPS) is 13.8. The summed E-state index contributed by atoms with van der Waals surface area (Å²) in [6, 6.07) is 0. The molecular weight excluding hydrogens is 154 g/mol. The van der Waals surface area contributed by atoms with Crippen molar-refractivity contribution in [3.05, 3.63) is 0 Å². The van der Waals surface area contributed by atoms with Crippen LogP contribution in [0.25, 0.3) is 0 Å². The third kappa shape index (κ3) is 6.58. The number of hydrogen-bond donors (Lipinski definition) is 1. The lowest BCUT2D eigenvalue weighted by atomic mass is 10.2. The maximum Gasteiger partial charge on any atom is 0.0719 e. The molecule has 74 valence electrons. The summed E-state index contributed by atoms with van der Waals surface area (Å²) in [6.45, 7) is 8.07. The second kappa shape index (κ2) is 7.53. The van der Waals surface area contributed by atoms with Gasteiger partial charge >= 0.3 is 0 Å². The number of ether oxygens (including phenoxy) is 2. The fourth-order valence-electron chi connectivity index (χ4n) is 0.940. The van der Waals surface area contributed by atoms with Crippen LogP contribution in [-0.4, -0.2) is 32.0 Å². The Morgan fingerprint density at radius 1 is 1.25 bits per heavy atom. The first-order chi connectivity index (χ1) is 5.70. The van der Waals surface area contributed by atoms with Gasteiger partial charge in [0.15, 0.2) is 0 Å². The molecule has 0 saturated heterocycles. The molecule has 1 unspecified atom stereocenters. The van der Waals surface area contributed by atoms with Gasteiger partial charge in [-0.3, -0.25) is 0 Å². The van der Waals surface area contributed by atoms with Crippen molar-refractivity contribution in [3.8, 4) is 0 Å². The molecule has 0 radical (unpaired) electrons. The van der Waals surface area contributed by atoms with Crippen molar-refractivity contribution >= 4 is 0 Å². The van der Waals surface area contributed by atoms with Crippen LogP contribution in [0.3, 0.4) is 0 Å². The van der Waals surface area contributed by atoms with Gasteiger partial charge in [0.1, 0.15) is 0 Å². The van der Waals surface area contributed by atoms with Gasteiger partial charge in [0.2, 0.25) is 0 Å². The van der Waals surface area contributed by atoms with Gasteiger partial charge in [0, 0.05) is 19.8 Å². The fraction of sp³-hybridized carbons (Fsp3) is 1.00. The second-order valence-electron chi connectivity index (χ2n) is 3.02. The molecule has 0 rings (SSSR count). The zero-order valence-corrected chi connectivity index (χ0v) is 8.38. The highest BCUT2D eigenvalue weighted by molar-refractivity contribution is 4.57. The predicted molar refractivity (Wildman–Crippen MR) is 50.2 cm³/mol. The van der Waals surface area contributed by atoms with Crippen molar-refractivity contribution in [2.24, 2.45) is 5.73 Å². The van der Waals surface area contributed by atoms with Crippen molar-refractivity contribution in [2.45, 2.75) is 39.4 Å². The topological polar surface area (TPSA) is 44.5 Å². The van der Waals surface area contributed by atoms with E-state index in [0.717, 1.165) is 19.6 Å². The summed E-state index contributed by atoms with van der Waals surface area (Å²) in [5.74, 6) is 0. The molecule has 0 fully saturated rings. The third-order valence-corrected chi connectivity index (χ3v) is 1.56. The summed E-state index contributed by atoms with van der Waals surface area (Å²) in [7, 11) is 0. The maximum absolute atomic E-state index is 5.50. The van der Waals surface area contributed by atoms with E-state index in [4.69, 9.17) is 15.2 Å². The molecule has 3 heteroatoms. The van der Waals surface area contributed by atoms with Crippen LogP contribution in [-0.2, 0) is 9.47 Å². The van der Waals surface area contributed by atoms with Gasteiger partial charge < -0.3 is 15.2 Å². The molecule has 0 saturated carbocycles. The molecular formula is C9H21NO2. The van der Waals surface area contributed by atoms with E-state index in [0.29, 0.717) is 12.6 Å². The Morgan fingerprint density at radius 2 is 1.92 bits per heavy atom. The summed E-state index contributed by atoms with van der Waals surface area (Å²) in [5.41, 5.74) is 5.50. The number of rotatable bonds is 7. The van der Waals surface area contributed by atoms with Gasteiger partial charge in [0.05, 0.1) is 12.2 Å². The summed E-state index contributed by atoms with van der Waals surface area (Å²) in [4.78, 5) is 0. The van der Waals surface area contributed by atoms with Crippen molar-refractivity contribution in [1.82, 2.24) is 0 Å². The molecule has 3 nitrogen and oxygen atoms in total. The standard InChI is InChI=1S/C9H21NO2/c1-4-11-9(7-10)5-6-12-8(2)3/h8-9H,4-7,10H2,1-3H3. The predicted octanol–water partition coefficient (Wildman–Crippen LogP) is 1.17. The molecule has 0 aliphatic carbocycles. The van der Waals surface area contributed by atoms with E-state index in [1.54, 1.807) is 0 Å². The summed E-state index contributed by atoms with van der Waals surface area (Å²) >= 11 is 0. The zero-order valence-electron chi connectivity index (χ0n) is 8.38. The van der Waals surface area contributed by atoms with E-state index in [2.05, 4.69) is 0 Å². The van der Waals surface area contributed by atoms with Crippen LogP contribution in [0.15, 0.2) is 0 Å². The first-order valence-corrected chi connectivity index (χ1v) is 4.64. The molecule has 0 bridgehead atoms. The Labute approximate surface area is 75.2 Å². The number of nitrogens with two attached hydrogens (primary N) is 1. The van der Waals surface area contributed by atoms with Crippen molar-refractivity contribution in [3.63, 3.8) is 0 Å². The van der Waals surface area contributed by atoms with E-state index in [-0.39, 0.29) is 6.10 Å². The first-order valence-electron chi connectivity index (χ1n) is 4.64. The van der Waals surface area contributed by atoms with Crippen molar-refractivity contribution < 1.29 is 9.47 Å². The molecule has 0 aromatic carbocycles. The van der Waals surface area contributed by atoms with Crippen molar-refractivity contribution in [2.75, 3.05) is 19.8 Å². The number of hydrogen-bond acceptors (Lipinski definition) is 3. The maximum atomic E-state index is 5.50. The molecule has 0 aromatic heterocycles. The Morgan fingerprint density at radius 3 is 2.33 bits per heavy atom. The average molecular weight is 175 g/mol. The molecule has 2 N–H and O–H groups in total. The van der Waals surface area contributed by atoms with Crippen LogP contribution in [0.4, 0.5) is 0 Å². The van der Waals surface area contributed by atoms with Crippen LogP contribution >= 0.6 is 0 Å². The summed E-state index contributed by atoms with van der Waals surface area (Å²) in [5, 5.41) is 0. The SMILES string of the molecule is CCOC(CN)CCOC(C)C.